The first-order chi connectivity index (χ1) is 4.18. The number of hydrazine groups is 1. The average Bonchev–Trinajstić information content (AvgIpc) is 1.59. The van der Waals surface area contributed by atoms with Crippen LogP contribution in [0, 0.1) is 5.92 Å². The summed E-state index contributed by atoms with van der Waals surface area (Å²) in [5.74, 6) is 6.03. The normalized spacial score (nSPS) is 39.0. The van der Waals surface area contributed by atoms with E-state index in [0.717, 1.165) is 13.0 Å². The summed E-state index contributed by atoms with van der Waals surface area (Å²) in [6.45, 7) is 3.64. The highest BCUT2D eigenvalue weighted by Gasteiger charge is 2.20. The van der Waals surface area contributed by atoms with E-state index in [1.807, 2.05) is 0 Å². The summed E-state index contributed by atoms with van der Waals surface area (Å²) in [6.07, 6.45) is 0.687. The fourth-order valence-corrected chi connectivity index (χ4v) is 1.36. The first-order valence-corrected chi connectivity index (χ1v) is 3.36. The molecule has 0 aromatic heterocycles. The molecule has 2 atom stereocenters. The van der Waals surface area contributed by atoms with Crippen LogP contribution in [0.4, 0.5) is 0 Å². The van der Waals surface area contributed by atoms with E-state index in [1.54, 1.807) is 5.01 Å². The minimum atomic E-state index is -0.209. The van der Waals surface area contributed by atoms with E-state index >= 15 is 0 Å². The first-order valence-electron chi connectivity index (χ1n) is 3.36. The van der Waals surface area contributed by atoms with Gasteiger partial charge in [-0.3, -0.25) is 5.84 Å². The molecule has 1 unspecified atom stereocenters. The third kappa shape index (κ3) is 1.93. The average molecular weight is 130 g/mol. The number of β-amino-alcohol motifs (C(OH)–C–C–N with tert-alkyl or cyclic N) is 1. The summed E-state index contributed by atoms with van der Waals surface area (Å²) >= 11 is 0. The molecule has 1 fully saturated rings. The Hall–Kier alpha value is -0.120. The highest BCUT2D eigenvalue weighted by Crippen LogP contribution is 2.12. The maximum Gasteiger partial charge on any atom is 0.0684 e. The van der Waals surface area contributed by atoms with E-state index in [1.165, 1.54) is 0 Å². The lowest BCUT2D eigenvalue weighted by molar-refractivity contribution is 0.0448. The number of nitrogens with two attached hydrogens (primary N) is 1. The van der Waals surface area contributed by atoms with Gasteiger partial charge in [0.05, 0.1) is 6.10 Å². The SMILES string of the molecule is C[C@@H]1CC(O)CN(N)C1. The molecule has 3 nitrogen and oxygen atoms in total. The second-order valence-electron chi connectivity index (χ2n) is 2.95. The molecule has 1 heterocycles. The first kappa shape index (κ1) is 6.99. The van der Waals surface area contributed by atoms with Crippen molar-refractivity contribution in [3.63, 3.8) is 0 Å². The summed E-state index contributed by atoms with van der Waals surface area (Å²) in [7, 11) is 0. The Balaban J connectivity index is 2.34. The van der Waals surface area contributed by atoms with Crippen LogP contribution in [-0.4, -0.2) is 29.3 Å². The van der Waals surface area contributed by atoms with Crippen LogP contribution in [-0.2, 0) is 0 Å². The Morgan fingerprint density at radius 3 is 2.67 bits per heavy atom. The zero-order valence-corrected chi connectivity index (χ0v) is 5.75. The molecule has 0 saturated carbocycles. The van der Waals surface area contributed by atoms with Gasteiger partial charge in [0.25, 0.3) is 0 Å². The van der Waals surface area contributed by atoms with Gasteiger partial charge in [0.1, 0.15) is 0 Å². The predicted octanol–water partition coefficient (Wildman–Crippen LogP) is -0.437. The van der Waals surface area contributed by atoms with Crippen LogP contribution in [0.1, 0.15) is 13.3 Å². The van der Waals surface area contributed by atoms with Crippen molar-refractivity contribution in [1.29, 1.82) is 0 Å². The van der Waals surface area contributed by atoms with E-state index in [-0.39, 0.29) is 6.10 Å². The summed E-state index contributed by atoms with van der Waals surface area (Å²) in [6, 6.07) is 0. The van der Waals surface area contributed by atoms with Crippen molar-refractivity contribution in [2.24, 2.45) is 11.8 Å². The van der Waals surface area contributed by atoms with Gasteiger partial charge in [-0.25, -0.2) is 5.01 Å². The Morgan fingerprint density at radius 2 is 2.22 bits per heavy atom. The Bertz CT molecular complexity index is 72.0. The molecule has 0 aliphatic carbocycles. The zero-order chi connectivity index (χ0) is 6.85. The van der Waals surface area contributed by atoms with Gasteiger partial charge in [0.15, 0.2) is 0 Å². The van der Waals surface area contributed by atoms with Crippen molar-refractivity contribution < 1.29 is 5.11 Å². The number of nitrogens with zero attached hydrogens (tertiary/aromatic N) is 1. The quantitative estimate of drug-likeness (QED) is 0.437. The van der Waals surface area contributed by atoms with Crippen LogP contribution in [0.15, 0.2) is 0 Å². The second kappa shape index (κ2) is 2.64. The lowest BCUT2D eigenvalue weighted by atomic mass is 9.99. The molecule has 0 spiro atoms. The molecule has 0 radical (unpaired) electrons. The van der Waals surface area contributed by atoms with Crippen LogP contribution in [0.25, 0.3) is 0 Å². The molecule has 0 bridgehead atoms. The maximum absolute atomic E-state index is 9.13. The van der Waals surface area contributed by atoms with Gasteiger partial charge in [-0.05, 0) is 12.3 Å². The Morgan fingerprint density at radius 1 is 1.56 bits per heavy atom. The number of hydrogen-bond donors (Lipinski definition) is 2. The highest BCUT2D eigenvalue weighted by atomic mass is 16.3. The van der Waals surface area contributed by atoms with Gasteiger partial charge in [0.2, 0.25) is 0 Å². The minimum Gasteiger partial charge on any atom is -0.392 e. The fraction of sp³-hybridized carbons (Fsp3) is 1.00. The van der Waals surface area contributed by atoms with Crippen molar-refractivity contribution in [2.45, 2.75) is 19.4 Å². The maximum atomic E-state index is 9.13. The lowest BCUT2D eigenvalue weighted by Gasteiger charge is -2.30. The third-order valence-electron chi connectivity index (χ3n) is 1.67. The van der Waals surface area contributed by atoms with E-state index in [2.05, 4.69) is 6.92 Å². The molecule has 0 aromatic carbocycles. The lowest BCUT2D eigenvalue weighted by Crippen LogP contribution is -2.46. The summed E-state index contributed by atoms with van der Waals surface area (Å²) in [5.41, 5.74) is 0. The van der Waals surface area contributed by atoms with E-state index in [9.17, 15) is 0 Å². The Labute approximate surface area is 55.4 Å². The number of hydrogen-bond acceptors (Lipinski definition) is 3. The summed E-state index contributed by atoms with van der Waals surface area (Å²) < 4.78 is 0. The Kier molecular flexibility index (Phi) is 2.05. The van der Waals surface area contributed by atoms with Crippen molar-refractivity contribution in [3.8, 4) is 0 Å². The van der Waals surface area contributed by atoms with Crippen LogP contribution in [0.3, 0.4) is 0 Å². The van der Waals surface area contributed by atoms with E-state index < -0.39 is 0 Å². The number of aliphatic hydroxyl groups excluding tert-OH is 1. The van der Waals surface area contributed by atoms with E-state index in [4.69, 9.17) is 10.9 Å². The van der Waals surface area contributed by atoms with Crippen molar-refractivity contribution in [2.75, 3.05) is 13.1 Å². The highest BCUT2D eigenvalue weighted by molar-refractivity contribution is 4.72. The van der Waals surface area contributed by atoms with Crippen LogP contribution < -0.4 is 5.84 Å². The third-order valence-corrected chi connectivity index (χ3v) is 1.67. The molecular formula is C6H14N2O. The minimum absolute atomic E-state index is 0.209. The van der Waals surface area contributed by atoms with Crippen LogP contribution >= 0.6 is 0 Å². The van der Waals surface area contributed by atoms with E-state index in [0.29, 0.717) is 12.5 Å². The topological polar surface area (TPSA) is 49.5 Å². The number of piperidine rings is 1. The van der Waals surface area contributed by atoms with Crippen molar-refractivity contribution in [3.05, 3.63) is 0 Å². The molecule has 1 aliphatic heterocycles. The number of aliphatic hydroxyl groups is 1. The molecule has 1 saturated heterocycles. The molecule has 54 valence electrons. The molecule has 9 heavy (non-hydrogen) atoms. The van der Waals surface area contributed by atoms with Gasteiger partial charge in [-0.15, -0.1) is 0 Å². The van der Waals surface area contributed by atoms with Crippen molar-refractivity contribution >= 4 is 0 Å². The fourth-order valence-electron chi connectivity index (χ4n) is 1.36. The number of rotatable bonds is 0. The van der Waals surface area contributed by atoms with Gasteiger partial charge in [-0.1, -0.05) is 6.92 Å². The van der Waals surface area contributed by atoms with Crippen LogP contribution in [0.2, 0.25) is 0 Å². The standard InChI is InChI=1S/C6H14N2O/c1-5-2-6(9)4-8(7)3-5/h5-6,9H,2-4,7H2,1H3/t5-,6?/m1/s1. The van der Waals surface area contributed by atoms with Gasteiger partial charge in [-0.2, -0.15) is 0 Å². The van der Waals surface area contributed by atoms with Crippen molar-refractivity contribution in [1.82, 2.24) is 5.01 Å². The summed E-state index contributed by atoms with van der Waals surface area (Å²) in [5, 5.41) is 10.8. The largest absolute Gasteiger partial charge is 0.392 e. The molecule has 3 heteroatoms. The smallest absolute Gasteiger partial charge is 0.0684 e. The molecule has 0 amide bonds. The van der Waals surface area contributed by atoms with Crippen LogP contribution in [0.5, 0.6) is 0 Å². The molecule has 0 aromatic rings. The predicted molar refractivity (Wildman–Crippen MR) is 35.5 cm³/mol. The van der Waals surface area contributed by atoms with Gasteiger partial charge in [0, 0.05) is 13.1 Å². The molecule has 3 N–H and O–H groups in total. The molecular weight excluding hydrogens is 116 g/mol. The molecule has 1 rings (SSSR count). The van der Waals surface area contributed by atoms with Gasteiger partial charge >= 0.3 is 0 Å². The van der Waals surface area contributed by atoms with Gasteiger partial charge < -0.3 is 5.11 Å². The summed E-state index contributed by atoms with van der Waals surface area (Å²) in [4.78, 5) is 0. The second-order valence-corrected chi connectivity index (χ2v) is 2.95. The molecule has 1 aliphatic rings. The zero-order valence-electron chi connectivity index (χ0n) is 5.75. The monoisotopic (exact) mass is 130 g/mol.